The smallest absolute Gasteiger partial charge is 0.376 e. The van der Waals surface area contributed by atoms with Crippen LogP contribution in [-0.4, -0.2) is 33.9 Å². The number of methoxy groups -OCH3 is 1. The van der Waals surface area contributed by atoms with Crippen molar-refractivity contribution in [2.75, 3.05) is 7.11 Å². The number of aromatic nitrogens is 3. The Hall–Kier alpha value is -3.42. The van der Waals surface area contributed by atoms with Crippen molar-refractivity contribution < 1.29 is 18.8 Å². The molecule has 0 aliphatic rings. The Kier molecular flexibility index (Phi) is 4.60. The molecule has 1 amide bonds. The zero-order valence-corrected chi connectivity index (χ0v) is 13.7. The Morgan fingerprint density at radius 2 is 2.12 bits per heavy atom. The number of rotatable bonds is 5. The quantitative estimate of drug-likeness (QED) is 0.714. The first-order valence-electron chi connectivity index (χ1n) is 7.54. The molecule has 0 unspecified atom stereocenters. The molecule has 0 saturated carbocycles. The van der Waals surface area contributed by atoms with E-state index in [-0.39, 0.29) is 17.5 Å². The molecule has 2 aromatic heterocycles. The number of hydrogen-bond acceptors (Lipinski definition) is 6. The minimum Gasteiger partial charge on any atom is -0.463 e. The molecule has 0 saturated heterocycles. The molecule has 3 aromatic rings. The molecule has 3 rings (SSSR count). The molecule has 0 spiro atoms. The molecule has 25 heavy (non-hydrogen) atoms. The number of hydrogen-bond donors (Lipinski definition) is 1. The summed E-state index contributed by atoms with van der Waals surface area (Å²) in [6, 6.07) is 10.4. The lowest BCUT2D eigenvalue weighted by Gasteiger charge is -2.14. The molecule has 0 aliphatic heterocycles. The molecular formula is C17H16N4O4. The fourth-order valence-corrected chi connectivity index (χ4v) is 2.29. The van der Waals surface area contributed by atoms with Gasteiger partial charge in [-0.15, -0.1) is 0 Å². The van der Waals surface area contributed by atoms with Crippen LogP contribution in [-0.2, 0) is 4.74 Å². The Balaban J connectivity index is 1.72. The van der Waals surface area contributed by atoms with E-state index < -0.39 is 11.9 Å². The Labute approximate surface area is 143 Å². The normalized spacial score (nSPS) is 11.8. The maximum Gasteiger partial charge on any atom is 0.376 e. The van der Waals surface area contributed by atoms with E-state index in [2.05, 4.69) is 20.3 Å². The molecule has 0 aliphatic carbocycles. The highest BCUT2D eigenvalue weighted by Gasteiger charge is 2.19. The summed E-state index contributed by atoms with van der Waals surface area (Å²) in [6.07, 6.45) is 3.54. The maximum absolute atomic E-state index is 12.3. The minimum absolute atomic E-state index is 0.00970. The third-order valence-electron chi connectivity index (χ3n) is 3.62. The SMILES string of the molecule is COC(=O)c1cc(C(=O)N[C@H](C)c2cccc(-n3cccn3)c2)no1. The predicted octanol–water partition coefficient (Wildman–Crippen LogP) is 2.14. The lowest BCUT2D eigenvalue weighted by Crippen LogP contribution is -2.27. The first-order valence-corrected chi connectivity index (χ1v) is 7.54. The summed E-state index contributed by atoms with van der Waals surface area (Å²) in [5, 5.41) is 10.6. The van der Waals surface area contributed by atoms with Crippen LogP contribution in [0.1, 0.15) is 39.6 Å². The van der Waals surface area contributed by atoms with Crippen LogP contribution in [0.25, 0.3) is 5.69 Å². The van der Waals surface area contributed by atoms with Crippen LogP contribution in [0.4, 0.5) is 0 Å². The maximum atomic E-state index is 12.3. The van der Waals surface area contributed by atoms with Gasteiger partial charge in [0, 0.05) is 18.5 Å². The highest BCUT2D eigenvalue weighted by Crippen LogP contribution is 2.17. The van der Waals surface area contributed by atoms with E-state index in [0.717, 1.165) is 11.3 Å². The van der Waals surface area contributed by atoms with Crippen molar-refractivity contribution in [1.82, 2.24) is 20.3 Å². The van der Waals surface area contributed by atoms with Gasteiger partial charge in [0.1, 0.15) is 0 Å². The van der Waals surface area contributed by atoms with E-state index in [1.54, 1.807) is 10.9 Å². The van der Waals surface area contributed by atoms with Crippen LogP contribution in [0.3, 0.4) is 0 Å². The summed E-state index contributed by atoms with van der Waals surface area (Å²) >= 11 is 0. The first-order chi connectivity index (χ1) is 12.1. The first kappa shape index (κ1) is 16.4. The van der Waals surface area contributed by atoms with Crippen LogP contribution in [0.5, 0.6) is 0 Å². The Morgan fingerprint density at radius 3 is 2.84 bits per heavy atom. The van der Waals surface area contributed by atoms with Crippen molar-refractivity contribution in [3.8, 4) is 5.69 Å². The number of carbonyl (C=O) groups is 2. The van der Waals surface area contributed by atoms with Gasteiger partial charge >= 0.3 is 5.97 Å². The standard InChI is InChI=1S/C17H16N4O4/c1-11(12-5-3-6-13(9-12)21-8-4-7-18-21)19-16(22)14-10-15(25-20-14)17(23)24-2/h3-11H,1-2H3,(H,19,22)/t11-/m1/s1. The van der Waals surface area contributed by atoms with Crippen molar-refractivity contribution in [2.45, 2.75) is 13.0 Å². The molecule has 2 heterocycles. The van der Waals surface area contributed by atoms with Crippen molar-refractivity contribution >= 4 is 11.9 Å². The molecule has 8 nitrogen and oxygen atoms in total. The van der Waals surface area contributed by atoms with Crippen LogP contribution in [0.2, 0.25) is 0 Å². The average Bonchev–Trinajstić information content (AvgIpc) is 3.32. The van der Waals surface area contributed by atoms with Gasteiger partial charge in [-0.3, -0.25) is 4.79 Å². The molecule has 1 N–H and O–H groups in total. The van der Waals surface area contributed by atoms with Crippen molar-refractivity contribution in [1.29, 1.82) is 0 Å². The zero-order chi connectivity index (χ0) is 17.8. The topological polar surface area (TPSA) is 99.2 Å². The van der Waals surface area contributed by atoms with Gasteiger partial charge in [0.2, 0.25) is 5.76 Å². The van der Waals surface area contributed by atoms with Crippen LogP contribution < -0.4 is 5.32 Å². The van der Waals surface area contributed by atoms with E-state index in [1.165, 1.54) is 13.2 Å². The molecule has 0 bridgehead atoms. The van der Waals surface area contributed by atoms with Gasteiger partial charge < -0.3 is 14.6 Å². The second kappa shape index (κ2) is 7.00. The monoisotopic (exact) mass is 340 g/mol. The van der Waals surface area contributed by atoms with Crippen molar-refractivity contribution in [3.63, 3.8) is 0 Å². The largest absolute Gasteiger partial charge is 0.463 e. The van der Waals surface area contributed by atoms with Gasteiger partial charge in [0.25, 0.3) is 5.91 Å². The van der Waals surface area contributed by atoms with E-state index in [1.807, 2.05) is 43.5 Å². The van der Waals surface area contributed by atoms with E-state index in [9.17, 15) is 9.59 Å². The molecule has 8 heteroatoms. The molecule has 1 aromatic carbocycles. The second-order valence-electron chi connectivity index (χ2n) is 5.31. The van der Waals surface area contributed by atoms with Gasteiger partial charge in [0.15, 0.2) is 5.69 Å². The summed E-state index contributed by atoms with van der Waals surface area (Å²) < 4.78 is 11.0. The number of nitrogens with zero attached hydrogens (tertiary/aromatic N) is 3. The van der Waals surface area contributed by atoms with E-state index in [0.29, 0.717) is 0 Å². The third kappa shape index (κ3) is 3.57. The Morgan fingerprint density at radius 1 is 1.28 bits per heavy atom. The van der Waals surface area contributed by atoms with Gasteiger partial charge in [0.05, 0.1) is 18.8 Å². The lowest BCUT2D eigenvalue weighted by molar-refractivity contribution is 0.0554. The number of carbonyl (C=O) groups excluding carboxylic acids is 2. The summed E-state index contributed by atoms with van der Waals surface area (Å²) in [5.74, 6) is -1.26. The van der Waals surface area contributed by atoms with Crippen molar-refractivity contribution in [3.05, 3.63) is 65.8 Å². The molecule has 0 fully saturated rings. The zero-order valence-electron chi connectivity index (χ0n) is 13.7. The van der Waals surface area contributed by atoms with Gasteiger partial charge in [-0.05, 0) is 30.7 Å². The Bertz CT molecular complexity index is 886. The van der Waals surface area contributed by atoms with E-state index >= 15 is 0 Å². The summed E-state index contributed by atoms with van der Waals surface area (Å²) in [6.45, 7) is 1.85. The molecule has 128 valence electrons. The summed E-state index contributed by atoms with van der Waals surface area (Å²) in [7, 11) is 1.22. The van der Waals surface area contributed by atoms with Gasteiger partial charge in [-0.25, -0.2) is 9.48 Å². The molecule has 1 atom stereocenters. The third-order valence-corrected chi connectivity index (χ3v) is 3.62. The fourth-order valence-electron chi connectivity index (χ4n) is 2.29. The molecule has 0 radical (unpaired) electrons. The average molecular weight is 340 g/mol. The second-order valence-corrected chi connectivity index (χ2v) is 5.31. The highest BCUT2D eigenvalue weighted by atomic mass is 16.5. The number of nitrogens with one attached hydrogen (secondary N) is 1. The lowest BCUT2D eigenvalue weighted by atomic mass is 10.1. The predicted molar refractivity (Wildman–Crippen MR) is 87.3 cm³/mol. The van der Waals surface area contributed by atoms with Gasteiger partial charge in [-0.2, -0.15) is 5.10 Å². The fraction of sp³-hybridized carbons (Fsp3) is 0.176. The molecular weight excluding hydrogens is 324 g/mol. The van der Waals surface area contributed by atoms with Gasteiger partial charge in [-0.1, -0.05) is 17.3 Å². The minimum atomic E-state index is -0.688. The highest BCUT2D eigenvalue weighted by molar-refractivity contribution is 5.95. The van der Waals surface area contributed by atoms with Crippen molar-refractivity contribution in [2.24, 2.45) is 0 Å². The van der Waals surface area contributed by atoms with Crippen LogP contribution in [0.15, 0.2) is 53.3 Å². The number of amides is 1. The summed E-state index contributed by atoms with van der Waals surface area (Å²) in [4.78, 5) is 23.6. The van der Waals surface area contributed by atoms with Crippen LogP contribution >= 0.6 is 0 Å². The number of esters is 1. The van der Waals surface area contributed by atoms with E-state index in [4.69, 9.17) is 4.52 Å². The van der Waals surface area contributed by atoms with Crippen LogP contribution in [0, 0.1) is 0 Å². The number of ether oxygens (including phenoxy) is 1. The summed E-state index contributed by atoms with van der Waals surface area (Å²) in [5.41, 5.74) is 1.80. The number of benzene rings is 1.